The third kappa shape index (κ3) is 2.11. The molecule has 3 aliphatic rings. The molecule has 0 unspecified atom stereocenters. The summed E-state index contributed by atoms with van der Waals surface area (Å²) in [6.07, 6.45) is 4.08. The highest BCUT2D eigenvalue weighted by Crippen LogP contribution is 2.41. The van der Waals surface area contributed by atoms with E-state index in [1.807, 2.05) is 24.3 Å². The summed E-state index contributed by atoms with van der Waals surface area (Å²) in [7, 11) is 2.17. The number of nitrogens with zero attached hydrogens (tertiary/aromatic N) is 2. The minimum Gasteiger partial charge on any atom is -0.397 e. The second-order valence-corrected chi connectivity index (χ2v) is 8.87. The molecule has 2 N–H and O–H groups in total. The number of nitrogens with two attached hydrogens (primary N) is 1. The third-order valence-corrected chi connectivity index (χ3v) is 7.38. The van der Waals surface area contributed by atoms with Crippen LogP contribution in [0, 0.1) is 3.57 Å². The molecule has 3 heterocycles. The molecule has 0 spiro atoms. The Hall–Kier alpha value is -1.67. The zero-order valence-corrected chi connectivity index (χ0v) is 16.7. The van der Waals surface area contributed by atoms with Gasteiger partial charge < -0.3 is 10.6 Å². The van der Waals surface area contributed by atoms with E-state index in [9.17, 15) is 9.59 Å². The lowest BCUT2D eigenvalue weighted by Gasteiger charge is -2.42. The first-order valence-electron chi connectivity index (χ1n) is 9.08. The Morgan fingerprint density at radius 2 is 1.69 bits per heavy atom. The largest absolute Gasteiger partial charge is 0.397 e. The predicted molar refractivity (Wildman–Crippen MR) is 109 cm³/mol. The van der Waals surface area contributed by atoms with Crippen molar-refractivity contribution in [1.82, 2.24) is 9.80 Å². The van der Waals surface area contributed by atoms with Crippen LogP contribution in [0.1, 0.15) is 46.4 Å². The summed E-state index contributed by atoms with van der Waals surface area (Å²) in [4.78, 5) is 30.6. The van der Waals surface area contributed by atoms with Crippen LogP contribution in [0.3, 0.4) is 0 Å². The molecule has 2 amide bonds. The van der Waals surface area contributed by atoms with Gasteiger partial charge in [0.1, 0.15) is 0 Å². The molecule has 2 fully saturated rings. The van der Waals surface area contributed by atoms with Crippen LogP contribution < -0.4 is 5.73 Å². The fourth-order valence-corrected chi connectivity index (χ4v) is 5.70. The van der Waals surface area contributed by atoms with Crippen LogP contribution in [0.2, 0.25) is 0 Å². The Balaban J connectivity index is 1.64. The molecule has 134 valence electrons. The van der Waals surface area contributed by atoms with E-state index in [1.165, 1.54) is 0 Å². The van der Waals surface area contributed by atoms with Gasteiger partial charge in [0, 0.05) is 43.6 Å². The maximum Gasteiger partial charge on any atom is 0.261 e. The monoisotopic (exact) mass is 461 g/mol. The standard InChI is InChI=1S/C20H20IN3O2/c1-23-10-5-6-11(23)8-12(7-10)24-19(25)14-4-2-3-13-17(14)15(20(24)26)9-16(21)18(13)22/h2-4,9-12H,5-8,22H2,1H3/t10-,11+,12-. The number of hydrogen-bond acceptors (Lipinski definition) is 4. The number of nitrogen functional groups attached to an aromatic ring is 1. The van der Waals surface area contributed by atoms with Gasteiger partial charge in [-0.25, -0.2) is 0 Å². The van der Waals surface area contributed by atoms with Crippen molar-refractivity contribution in [3.63, 3.8) is 0 Å². The van der Waals surface area contributed by atoms with Crippen molar-refractivity contribution >= 4 is 50.9 Å². The summed E-state index contributed by atoms with van der Waals surface area (Å²) >= 11 is 2.17. The van der Waals surface area contributed by atoms with Crippen LogP contribution in [-0.2, 0) is 0 Å². The Morgan fingerprint density at radius 3 is 2.38 bits per heavy atom. The van der Waals surface area contributed by atoms with Crippen molar-refractivity contribution in [2.45, 2.75) is 43.8 Å². The average molecular weight is 461 g/mol. The first-order valence-corrected chi connectivity index (χ1v) is 10.2. The van der Waals surface area contributed by atoms with E-state index in [2.05, 4.69) is 34.5 Å². The minimum absolute atomic E-state index is 0.0117. The normalized spacial score (nSPS) is 28.2. The third-order valence-electron chi connectivity index (χ3n) is 6.49. The molecule has 5 nitrogen and oxygen atoms in total. The number of rotatable bonds is 1. The molecule has 0 aromatic heterocycles. The van der Waals surface area contributed by atoms with Gasteiger partial charge in [0.05, 0.1) is 5.69 Å². The highest BCUT2D eigenvalue weighted by atomic mass is 127. The second-order valence-electron chi connectivity index (χ2n) is 7.70. The number of imide groups is 1. The van der Waals surface area contributed by atoms with Crippen molar-refractivity contribution in [3.05, 3.63) is 39.0 Å². The number of anilines is 1. The van der Waals surface area contributed by atoms with E-state index in [4.69, 9.17) is 5.73 Å². The van der Waals surface area contributed by atoms with E-state index in [1.54, 1.807) is 4.90 Å². The number of halogens is 1. The summed E-state index contributed by atoms with van der Waals surface area (Å²) < 4.78 is 0.855. The molecule has 2 bridgehead atoms. The Morgan fingerprint density at radius 1 is 1.04 bits per heavy atom. The molecular formula is C20H20IN3O2. The maximum atomic E-state index is 13.3. The van der Waals surface area contributed by atoms with Crippen molar-refractivity contribution < 1.29 is 9.59 Å². The smallest absolute Gasteiger partial charge is 0.261 e. The van der Waals surface area contributed by atoms with Crippen LogP contribution >= 0.6 is 22.6 Å². The molecule has 0 aliphatic carbocycles. The molecule has 6 heteroatoms. The summed E-state index contributed by atoms with van der Waals surface area (Å²) in [5.74, 6) is -0.326. The highest BCUT2D eigenvalue weighted by molar-refractivity contribution is 14.1. The molecule has 0 saturated carbocycles. The van der Waals surface area contributed by atoms with Crippen molar-refractivity contribution in [2.24, 2.45) is 0 Å². The van der Waals surface area contributed by atoms with Gasteiger partial charge >= 0.3 is 0 Å². The molecule has 3 atom stereocenters. The van der Waals surface area contributed by atoms with Crippen LogP contribution in [-0.4, -0.2) is 46.8 Å². The van der Waals surface area contributed by atoms with Gasteiger partial charge in [-0.2, -0.15) is 0 Å². The number of carbonyl (C=O) groups excluding carboxylic acids is 2. The molecule has 26 heavy (non-hydrogen) atoms. The maximum absolute atomic E-state index is 13.3. The average Bonchev–Trinajstić information content (AvgIpc) is 2.83. The van der Waals surface area contributed by atoms with Gasteiger partial charge in [0.25, 0.3) is 11.8 Å². The number of carbonyl (C=O) groups is 2. The number of benzene rings is 2. The van der Waals surface area contributed by atoms with Gasteiger partial charge in [0.2, 0.25) is 0 Å². The molecule has 5 rings (SSSR count). The van der Waals surface area contributed by atoms with Gasteiger partial charge in [-0.15, -0.1) is 0 Å². The van der Waals surface area contributed by atoms with Crippen LogP contribution in [0.4, 0.5) is 5.69 Å². The summed E-state index contributed by atoms with van der Waals surface area (Å²) in [5, 5.41) is 1.52. The number of hydrogen-bond donors (Lipinski definition) is 1. The molecule has 0 radical (unpaired) electrons. The van der Waals surface area contributed by atoms with Crippen LogP contribution in [0.25, 0.3) is 10.8 Å². The van der Waals surface area contributed by atoms with Gasteiger partial charge in [-0.1, -0.05) is 12.1 Å². The van der Waals surface area contributed by atoms with Crippen LogP contribution in [0.15, 0.2) is 24.3 Å². The summed E-state index contributed by atoms with van der Waals surface area (Å²) in [5.41, 5.74) is 8.06. The van der Waals surface area contributed by atoms with Crippen molar-refractivity contribution in [2.75, 3.05) is 12.8 Å². The molecule has 3 aliphatic heterocycles. The quantitative estimate of drug-likeness (QED) is 0.403. The lowest BCUT2D eigenvalue weighted by Crippen LogP contribution is -2.54. The Kier molecular flexibility index (Phi) is 3.59. The fourth-order valence-electron chi connectivity index (χ4n) is 5.10. The molecule has 2 aromatic rings. The minimum atomic E-state index is -0.164. The predicted octanol–water partition coefficient (Wildman–Crippen LogP) is 3.25. The van der Waals surface area contributed by atoms with E-state index in [0.717, 1.165) is 34.6 Å². The zero-order valence-electron chi connectivity index (χ0n) is 14.5. The molecule has 2 aromatic carbocycles. The molecular weight excluding hydrogens is 441 g/mol. The second kappa shape index (κ2) is 5.66. The fraction of sp³-hybridized carbons (Fsp3) is 0.400. The van der Waals surface area contributed by atoms with Gasteiger partial charge in [0.15, 0.2) is 0 Å². The van der Waals surface area contributed by atoms with E-state index < -0.39 is 0 Å². The zero-order chi connectivity index (χ0) is 18.2. The van der Waals surface area contributed by atoms with Gasteiger partial charge in [-0.3, -0.25) is 14.5 Å². The lowest BCUT2D eigenvalue weighted by atomic mass is 9.89. The van der Waals surface area contributed by atoms with Crippen molar-refractivity contribution in [1.29, 1.82) is 0 Å². The SMILES string of the molecule is CN1[C@@H]2CC[C@H]1C[C@H](N1C(=O)c3cccc4c(N)c(I)cc(c34)C1=O)C2. The Bertz CT molecular complexity index is 959. The van der Waals surface area contributed by atoms with Crippen LogP contribution in [0.5, 0.6) is 0 Å². The first kappa shape index (κ1) is 16.5. The van der Waals surface area contributed by atoms with E-state index in [-0.39, 0.29) is 17.9 Å². The summed E-state index contributed by atoms with van der Waals surface area (Å²) in [6.45, 7) is 0. The Labute approximate surface area is 165 Å². The lowest BCUT2D eigenvalue weighted by molar-refractivity contribution is 0.0396. The number of fused-ring (bicyclic) bond motifs is 2. The van der Waals surface area contributed by atoms with E-state index in [0.29, 0.717) is 34.3 Å². The first-order chi connectivity index (χ1) is 12.5. The topological polar surface area (TPSA) is 66.6 Å². The summed E-state index contributed by atoms with van der Waals surface area (Å²) in [6, 6.07) is 8.36. The van der Waals surface area contributed by atoms with Gasteiger partial charge in [-0.05, 0) is 67.5 Å². The number of amides is 2. The van der Waals surface area contributed by atoms with Crippen molar-refractivity contribution in [3.8, 4) is 0 Å². The highest BCUT2D eigenvalue weighted by Gasteiger charge is 2.45. The molecule has 2 saturated heterocycles. The number of piperidine rings is 1. The van der Waals surface area contributed by atoms with E-state index >= 15 is 0 Å².